The van der Waals surface area contributed by atoms with Crippen LogP contribution in [0.2, 0.25) is 0 Å². The molecule has 0 aromatic heterocycles. The van der Waals surface area contributed by atoms with Crippen molar-refractivity contribution >= 4 is 0 Å². The second-order valence-electron chi connectivity index (χ2n) is 15.0. The Bertz CT molecular complexity index is 928. The molecule has 0 N–H and O–H groups in total. The van der Waals surface area contributed by atoms with Gasteiger partial charge in [0.2, 0.25) is 0 Å². The van der Waals surface area contributed by atoms with E-state index in [0.29, 0.717) is 32.1 Å². The lowest BCUT2D eigenvalue weighted by Crippen LogP contribution is -2.74. The molecule has 5 rings (SSSR count). The zero-order valence-electron chi connectivity index (χ0n) is 25.8. The highest BCUT2D eigenvalue weighted by atomic mass is 19.4. The van der Waals surface area contributed by atoms with E-state index in [1.54, 1.807) is 0 Å². The Labute approximate surface area is 248 Å². The van der Waals surface area contributed by atoms with E-state index in [-0.39, 0.29) is 44.1 Å². The van der Waals surface area contributed by atoms with E-state index < -0.39 is 78.6 Å². The molecule has 0 spiro atoms. The van der Waals surface area contributed by atoms with Crippen LogP contribution in [0.4, 0.5) is 39.5 Å². The number of hydrogen-bond donors (Lipinski definition) is 0. The van der Waals surface area contributed by atoms with Crippen molar-refractivity contribution in [3.05, 3.63) is 0 Å². The molecule has 5 saturated carbocycles. The first-order chi connectivity index (χ1) is 19.6. The molecule has 0 aliphatic heterocycles. The molecule has 6 unspecified atom stereocenters. The Morgan fingerprint density at radius 1 is 0.814 bits per heavy atom. The number of rotatable bonds is 12. The average Bonchev–Trinajstić information content (AvgIpc) is 2.80. The van der Waals surface area contributed by atoms with E-state index in [1.165, 1.54) is 0 Å². The zero-order valence-corrected chi connectivity index (χ0v) is 25.8. The zero-order chi connectivity index (χ0) is 32.3. The largest absolute Gasteiger partial charge is 0.427 e. The lowest BCUT2D eigenvalue weighted by Gasteiger charge is -2.66. The summed E-state index contributed by atoms with van der Waals surface area (Å²) in [6, 6.07) is 0. The Kier molecular flexibility index (Phi) is 9.64. The maximum absolute atomic E-state index is 15.0. The van der Waals surface area contributed by atoms with Gasteiger partial charge in [0.25, 0.3) is 11.5 Å². The molecule has 5 fully saturated rings. The highest BCUT2D eigenvalue weighted by Gasteiger charge is 2.83. The van der Waals surface area contributed by atoms with Crippen molar-refractivity contribution in [2.45, 2.75) is 134 Å². The van der Waals surface area contributed by atoms with E-state index >= 15 is 0 Å². The fraction of sp³-hybridized carbons (Fsp3) is 1.00. The third-order valence-electron chi connectivity index (χ3n) is 11.3. The SMILES string of the molecule is CC1CCC(C(C)C)C(COCOC(C(F)(F)F)(C(F)(F)F)C23CC4CC(CC(OCCC(C)(F)C(C)(F)F)(C4)C2)C3)C1. The third-order valence-corrected chi connectivity index (χ3v) is 11.3. The fourth-order valence-electron chi connectivity index (χ4n) is 9.44. The normalized spacial score (nSPS) is 36.8. The number of ether oxygens (including phenoxy) is 3. The average molecular weight is 639 g/mol. The van der Waals surface area contributed by atoms with Gasteiger partial charge < -0.3 is 14.2 Å². The molecule has 5 aliphatic carbocycles. The molecule has 6 atom stereocenters. The molecule has 43 heavy (non-hydrogen) atoms. The summed E-state index contributed by atoms with van der Waals surface area (Å²) in [6.45, 7) is 5.61. The van der Waals surface area contributed by atoms with Crippen LogP contribution in [0.25, 0.3) is 0 Å². The molecular weight excluding hydrogens is 591 g/mol. The van der Waals surface area contributed by atoms with Crippen molar-refractivity contribution in [1.82, 2.24) is 0 Å². The van der Waals surface area contributed by atoms with Crippen molar-refractivity contribution in [2.24, 2.45) is 40.9 Å². The summed E-state index contributed by atoms with van der Waals surface area (Å²) >= 11 is 0. The summed E-state index contributed by atoms with van der Waals surface area (Å²) in [5.41, 5.74) is -11.2. The van der Waals surface area contributed by atoms with Crippen molar-refractivity contribution in [3.63, 3.8) is 0 Å². The van der Waals surface area contributed by atoms with E-state index in [9.17, 15) is 39.5 Å². The molecule has 5 aliphatic rings. The van der Waals surface area contributed by atoms with Crippen LogP contribution in [-0.4, -0.2) is 55.2 Å². The summed E-state index contributed by atoms with van der Waals surface area (Å²) in [5, 5.41) is 0. The Morgan fingerprint density at radius 2 is 1.40 bits per heavy atom. The molecule has 0 aromatic rings. The summed E-state index contributed by atoms with van der Waals surface area (Å²) < 4.78 is 148. The van der Waals surface area contributed by atoms with Gasteiger partial charge in [-0.3, -0.25) is 0 Å². The van der Waals surface area contributed by atoms with Crippen molar-refractivity contribution in [2.75, 3.05) is 20.0 Å². The highest BCUT2D eigenvalue weighted by molar-refractivity contribution is 5.20. The summed E-state index contributed by atoms with van der Waals surface area (Å²) in [6.07, 6.45) is -10.1. The summed E-state index contributed by atoms with van der Waals surface area (Å²) in [5.74, 6) is -3.73. The van der Waals surface area contributed by atoms with Crippen LogP contribution >= 0.6 is 0 Å². The second kappa shape index (κ2) is 11.8. The lowest BCUT2D eigenvalue weighted by molar-refractivity contribution is -0.444. The summed E-state index contributed by atoms with van der Waals surface area (Å²) in [7, 11) is 0. The number of alkyl halides is 9. The molecule has 12 heteroatoms. The minimum atomic E-state index is -5.82. The van der Waals surface area contributed by atoms with Gasteiger partial charge in [-0.2, -0.15) is 26.3 Å². The molecule has 0 saturated heterocycles. The Morgan fingerprint density at radius 3 is 1.91 bits per heavy atom. The molecule has 0 aromatic carbocycles. The molecule has 4 bridgehead atoms. The van der Waals surface area contributed by atoms with Crippen molar-refractivity contribution in [3.8, 4) is 0 Å². The van der Waals surface area contributed by atoms with E-state index in [2.05, 4.69) is 20.8 Å². The second-order valence-corrected chi connectivity index (χ2v) is 15.0. The molecule has 0 amide bonds. The number of hydrogen-bond acceptors (Lipinski definition) is 3. The minimum absolute atomic E-state index is 0.00595. The van der Waals surface area contributed by atoms with Gasteiger partial charge in [-0.1, -0.05) is 27.2 Å². The Balaban J connectivity index is 1.57. The predicted octanol–water partition coefficient (Wildman–Crippen LogP) is 9.68. The first-order valence-electron chi connectivity index (χ1n) is 15.6. The van der Waals surface area contributed by atoms with Gasteiger partial charge in [0.15, 0.2) is 5.67 Å². The van der Waals surface area contributed by atoms with Crippen LogP contribution in [0, 0.1) is 40.9 Å². The maximum atomic E-state index is 15.0. The van der Waals surface area contributed by atoms with Gasteiger partial charge in [-0.25, -0.2) is 13.2 Å². The molecular formula is C31H47F9O3. The van der Waals surface area contributed by atoms with Gasteiger partial charge in [0.05, 0.1) is 18.8 Å². The predicted molar refractivity (Wildman–Crippen MR) is 142 cm³/mol. The molecule has 0 radical (unpaired) electrons. The van der Waals surface area contributed by atoms with Gasteiger partial charge >= 0.3 is 12.4 Å². The van der Waals surface area contributed by atoms with Crippen LogP contribution in [0.5, 0.6) is 0 Å². The standard InChI is InChI=1S/C31H47F9O3/c1-19(2)24-7-6-20(3)10-23(24)16-41-18-43-29(30(35,36)37,31(38,39)40)27-12-21-11-22(13-27)15-28(14-21,17-27)42-9-8-25(4,32)26(5,33)34/h19-24H,6-18H2,1-5H3. The van der Waals surface area contributed by atoms with Gasteiger partial charge in [0, 0.05) is 18.8 Å². The summed E-state index contributed by atoms with van der Waals surface area (Å²) in [4.78, 5) is 0. The molecule has 3 nitrogen and oxygen atoms in total. The quantitative estimate of drug-likeness (QED) is 0.121. The van der Waals surface area contributed by atoms with Gasteiger partial charge in [-0.15, -0.1) is 0 Å². The third kappa shape index (κ3) is 6.58. The minimum Gasteiger partial charge on any atom is -0.375 e. The first kappa shape index (κ1) is 35.1. The molecule has 0 heterocycles. The van der Waals surface area contributed by atoms with E-state index in [1.807, 2.05) is 0 Å². The van der Waals surface area contributed by atoms with E-state index in [4.69, 9.17) is 14.2 Å². The lowest BCUT2D eigenvalue weighted by atomic mass is 9.43. The fourth-order valence-corrected chi connectivity index (χ4v) is 9.44. The van der Waals surface area contributed by atoms with Gasteiger partial charge in [0.1, 0.15) is 6.79 Å². The van der Waals surface area contributed by atoms with Crippen molar-refractivity contribution < 1.29 is 53.7 Å². The van der Waals surface area contributed by atoms with Crippen LogP contribution in [-0.2, 0) is 14.2 Å². The monoisotopic (exact) mass is 638 g/mol. The maximum Gasteiger partial charge on any atom is 0.427 e. The van der Waals surface area contributed by atoms with E-state index in [0.717, 1.165) is 19.3 Å². The van der Waals surface area contributed by atoms with Crippen LogP contribution in [0.15, 0.2) is 0 Å². The first-order valence-corrected chi connectivity index (χ1v) is 15.6. The van der Waals surface area contributed by atoms with Gasteiger partial charge in [-0.05, 0) is 93.8 Å². The van der Waals surface area contributed by atoms with Crippen molar-refractivity contribution in [1.29, 1.82) is 0 Å². The molecule has 252 valence electrons. The Hall–Kier alpha value is -0.750. The van der Waals surface area contributed by atoms with Crippen LogP contribution in [0.3, 0.4) is 0 Å². The van der Waals surface area contributed by atoms with Crippen LogP contribution < -0.4 is 0 Å². The highest BCUT2D eigenvalue weighted by Crippen LogP contribution is 2.71. The van der Waals surface area contributed by atoms with Crippen LogP contribution in [0.1, 0.15) is 98.8 Å². The number of halogens is 9. The smallest absolute Gasteiger partial charge is 0.375 e. The topological polar surface area (TPSA) is 27.7 Å².